The predicted octanol–water partition coefficient (Wildman–Crippen LogP) is 3.80. The summed E-state index contributed by atoms with van der Waals surface area (Å²) in [4.78, 5) is 12.7. The third-order valence-corrected chi connectivity index (χ3v) is 2.72. The van der Waals surface area contributed by atoms with Crippen LogP contribution in [0.2, 0.25) is 0 Å². The maximum Gasteiger partial charge on any atom is 0.303 e. The Bertz CT molecular complexity index is 620. The number of H-pyrrole nitrogens is 1. The number of aromatic amines is 1. The molecule has 1 heterocycles. The minimum absolute atomic E-state index is 0.222. The molecule has 0 aliphatic heterocycles. The van der Waals surface area contributed by atoms with Crippen molar-refractivity contribution in [1.29, 1.82) is 0 Å². The van der Waals surface area contributed by atoms with Gasteiger partial charge in [-0.05, 0) is 12.1 Å². The highest BCUT2D eigenvalue weighted by Crippen LogP contribution is 2.24. The second-order valence-electron chi connectivity index (χ2n) is 3.96. The van der Waals surface area contributed by atoms with Gasteiger partial charge in [-0.1, -0.05) is 43.3 Å². The number of aromatic nitrogens is 1. The first-order valence-corrected chi connectivity index (χ1v) is 5.89. The molecule has 0 amide bonds. The molecule has 0 unspecified atom stereocenters. The molecule has 0 fully saturated rings. The van der Waals surface area contributed by atoms with Crippen molar-refractivity contribution in [1.82, 2.24) is 4.98 Å². The minimum Gasteiger partial charge on any atom is -0.481 e. The van der Waals surface area contributed by atoms with Crippen molar-refractivity contribution >= 4 is 27.8 Å². The largest absolute Gasteiger partial charge is 0.481 e. The van der Waals surface area contributed by atoms with Crippen molar-refractivity contribution in [2.24, 2.45) is 0 Å². The van der Waals surface area contributed by atoms with E-state index in [1.54, 1.807) is 6.92 Å². The zero-order valence-electron chi connectivity index (χ0n) is 10.2. The third kappa shape index (κ3) is 2.51. The van der Waals surface area contributed by atoms with E-state index in [0.29, 0.717) is 0 Å². The monoisotopic (exact) mass is 241 g/mol. The number of carboxylic acids is 1. The molecular weight excluding hydrogens is 226 g/mol. The van der Waals surface area contributed by atoms with E-state index < -0.39 is 5.97 Å². The lowest BCUT2D eigenvalue weighted by atomic mass is 10.2. The van der Waals surface area contributed by atoms with E-state index in [1.165, 1.54) is 21.8 Å². The number of rotatable bonds is 1. The molecule has 0 aliphatic rings. The second-order valence-corrected chi connectivity index (χ2v) is 3.96. The van der Waals surface area contributed by atoms with E-state index in [2.05, 4.69) is 53.5 Å². The number of carboxylic acid groups (broad SMARTS) is 1. The summed E-state index contributed by atoms with van der Waals surface area (Å²) in [6.07, 6.45) is 0.222. The molecule has 0 atom stereocenters. The van der Waals surface area contributed by atoms with E-state index in [1.807, 2.05) is 0 Å². The van der Waals surface area contributed by atoms with Crippen molar-refractivity contribution in [3.8, 4) is 0 Å². The number of benzene rings is 2. The van der Waals surface area contributed by atoms with Crippen LogP contribution in [0.25, 0.3) is 21.8 Å². The van der Waals surface area contributed by atoms with Crippen molar-refractivity contribution < 1.29 is 9.90 Å². The highest BCUT2D eigenvalue weighted by Gasteiger charge is 2.00. The van der Waals surface area contributed by atoms with Gasteiger partial charge in [0.2, 0.25) is 0 Å². The molecule has 18 heavy (non-hydrogen) atoms. The number of hydrogen-bond acceptors (Lipinski definition) is 1. The number of nitrogens with one attached hydrogen (secondary N) is 1. The molecule has 2 N–H and O–H groups in total. The van der Waals surface area contributed by atoms with Gasteiger partial charge in [0.1, 0.15) is 0 Å². The van der Waals surface area contributed by atoms with Gasteiger partial charge < -0.3 is 10.1 Å². The molecule has 3 nitrogen and oxygen atoms in total. The van der Waals surface area contributed by atoms with Gasteiger partial charge in [0.25, 0.3) is 0 Å². The van der Waals surface area contributed by atoms with Crippen molar-refractivity contribution in [3.63, 3.8) is 0 Å². The Morgan fingerprint density at radius 3 is 1.78 bits per heavy atom. The Balaban J connectivity index is 0.000000209. The molecule has 3 rings (SSSR count). The molecule has 92 valence electrons. The molecule has 0 saturated heterocycles. The second kappa shape index (κ2) is 5.36. The maximum absolute atomic E-state index is 9.37. The van der Waals surface area contributed by atoms with Gasteiger partial charge in [0, 0.05) is 28.2 Å². The summed E-state index contributed by atoms with van der Waals surface area (Å²) in [7, 11) is 0. The van der Waals surface area contributed by atoms with Crippen LogP contribution in [0.4, 0.5) is 0 Å². The first-order chi connectivity index (χ1) is 8.72. The van der Waals surface area contributed by atoms with Crippen molar-refractivity contribution in [2.75, 3.05) is 0 Å². The Labute approximate surface area is 105 Å². The van der Waals surface area contributed by atoms with Crippen LogP contribution in [0, 0.1) is 0 Å². The van der Waals surface area contributed by atoms with E-state index in [4.69, 9.17) is 5.11 Å². The SMILES string of the molecule is CCC(=O)O.c1ccc2c(c1)[nH]c1ccccc12. The zero-order valence-corrected chi connectivity index (χ0v) is 10.2. The molecular formula is C15H15NO2. The Hall–Kier alpha value is -2.29. The van der Waals surface area contributed by atoms with Crippen LogP contribution in [0.1, 0.15) is 13.3 Å². The van der Waals surface area contributed by atoms with Crippen LogP contribution < -0.4 is 0 Å². The van der Waals surface area contributed by atoms with E-state index in [-0.39, 0.29) is 6.42 Å². The summed E-state index contributed by atoms with van der Waals surface area (Å²) < 4.78 is 0. The fourth-order valence-electron chi connectivity index (χ4n) is 1.80. The van der Waals surface area contributed by atoms with Gasteiger partial charge in [-0.3, -0.25) is 4.79 Å². The average molecular weight is 241 g/mol. The molecule has 3 heteroatoms. The lowest BCUT2D eigenvalue weighted by Gasteiger charge is -1.87. The van der Waals surface area contributed by atoms with Crippen LogP contribution in [0.3, 0.4) is 0 Å². The number of para-hydroxylation sites is 2. The topological polar surface area (TPSA) is 53.1 Å². The minimum atomic E-state index is -0.745. The van der Waals surface area contributed by atoms with E-state index >= 15 is 0 Å². The van der Waals surface area contributed by atoms with Gasteiger partial charge in [-0.2, -0.15) is 0 Å². The van der Waals surface area contributed by atoms with Crippen molar-refractivity contribution in [3.05, 3.63) is 48.5 Å². The van der Waals surface area contributed by atoms with Gasteiger partial charge in [0.05, 0.1) is 0 Å². The molecule has 0 aliphatic carbocycles. The summed E-state index contributed by atoms with van der Waals surface area (Å²) >= 11 is 0. The normalized spacial score (nSPS) is 10.1. The Kier molecular flexibility index (Phi) is 3.63. The molecule has 3 aromatic rings. The van der Waals surface area contributed by atoms with E-state index in [0.717, 1.165) is 0 Å². The summed E-state index contributed by atoms with van der Waals surface area (Å²) in [5.41, 5.74) is 2.42. The van der Waals surface area contributed by atoms with Crippen LogP contribution in [-0.2, 0) is 4.79 Å². The maximum atomic E-state index is 9.37. The van der Waals surface area contributed by atoms with Crippen LogP contribution >= 0.6 is 0 Å². The summed E-state index contributed by atoms with van der Waals surface area (Å²) in [6.45, 7) is 1.60. The lowest BCUT2D eigenvalue weighted by molar-refractivity contribution is -0.136. The summed E-state index contributed by atoms with van der Waals surface area (Å²) in [5.74, 6) is -0.745. The van der Waals surface area contributed by atoms with Crippen LogP contribution in [0.15, 0.2) is 48.5 Å². The van der Waals surface area contributed by atoms with Gasteiger partial charge in [-0.15, -0.1) is 0 Å². The number of hydrogen-bond donors (Lipinski definition) is 2. The first-order valence-electron chi connectivity index (χ1n) is 5.89. The lowest BCUT2D eigenvalue weighted by Crippen LogP contribution is -1.86. The number of aliphatic carboxylic acids is 1. The average Bonchev–Trinajstić information content (AvgIpc) is 2.78. The Morgan fingerprint density at radius 2 is 1.39 bits per heavy atom. The van der Waals surface area contributed by atoms with Gasteiger partial charge in [-0.25, -0.2) is 0 Å². The van der Waals surface area contributed by atoms with Gasteiger partial charge in [0.15, 0.2) is 0 Å². The smallest absolute Gasteiger partial charge is 0.303 e. The number of fused-ring (bicyclic) bond motifs is 3. The van der Waals surface area contributed by atoms with Gasteiger partial charge >= 0.3 is 5.97 Å². The van der Waals surface area contributed by atoms with Crippen molar-refractivity contribution in [2.45, 2.75) is 13.3 Å². The molecule has 0 bridgehead atoms. The highest BCUT2D eigenvalue weighted by atomic mass is 16.4. The predicted molar refractivity (Wildman–Crippen MR) is 73.7 cm³/mol. The highest BCUT2D eigenvalue weighted by molar-refractivity contribution is 6.06. The molecule has 0 spiro atoms. The molecule has 2 aromatic carbocycles. The standard InChI is InChI=1S/C12H9N.C3H6O2/c1-3-7-11-9(5-1)10-6-2-4-8-12(10)13-11;1-2-3(4)5/h1-8,13H;2H2,1H3,(H,4,5). The van der Waals surface area contributed by atoms with Crippen LogP contribution in [-0.4, -0.2) is 16.1 Å². The summed E-state index contributed by atoms with van der Waals surface area (Å²) in [6, 6.07) is 16.8. The van der Waals surface area contributed by atoms with Crippen LogP contribution in [0.5, 0.6) is 0 Å². The molecule has 0 saturated carbocycles. The number of carbonyl (C=O) groups is 1. The van der Waals surface area contributed by atoms with E-state index in [9.17, 15) is 4.79 Å². The first kappa shape index (κ1) is 12.2. The third-order valence-electron chi connectivity index (χ3n) is 2.72. The quantitative estimate of drug-likeness (QED) is 0.680. The molecule has 1 aromatic heterocycles. The fraction of sp³-hybridized carbons (Fsp3) is 0.133. The Morgan fingerprint density at radius 1 is 1.00 bits per heavy atom. The zero-order chi connectivity index (χ0) is 13.0. The molecule has 0 radical (unpaired) electrons. The fourth-order valence-corrected chi connectivity index (χ4v) is 1.80. The summed E-state index contributed by atoms with van der Waals surface area (Å²) in [5, 5.41) is 10.3.